The Morgan fingerprint density at radius 1 is 1.39 bits per heavy atom. The summed E-state index contributed by atoms with van der Waals surface area (Å²) in [7, 11) is 0. The molecule has 1 fully saturated rings. The molecule has 0 bridgehead atoms. The number of carboxylic acid groups (broad SMARTS) is 1. The van der Waals surface area contributed by atoms with Gasteiger partial charge in [-0.2, -0.15) is 0 Å². The number of hydrogen-bond donors (Lipinski definition) is 1. The molecule has 1 heterocycles. The predicted molar refractivity (Wildman–Crippen MR) is 70.2 cm³/mol. The molecule has 0 aromatic heterocycles. The van der Waals surface area contributed by atoms with E-state index in [1.165, 1.54) is 0 Å². The topological polar surface area (TPSA) is 57.6 Å². The highest BCUT2D eigenvalue weighted by atomic mass is 79.9. The molecule has 1 aliphatic heterocycles. The number of aliphatic carboxylic acids is 1. The number of rotatable bonds is 4. The van der Waals surface area contributed by atoms with E-state index in [0.29, 0.717) is 13.1 Å². The van der Waals surface area contributed by atoms with E-state index in [4.69, 9.17) is 5.11 Å². The molecule has 1 unspecified atom stereocenters. The molecule has 1 N–H and O–H groups in total. The van der Waals surface area contributed by atoms with Crippen LogP contribution in [-0.4, -0.2) is 35.0 Å². The summed E-state index contributed by atoms with van der Waals surface area (Å²) in [5.74, 6) is -1.48. The minimum absolute atomic E-state index is 0.0560. The molecule has 4 nitrogen and oxygen atoms in total. The largest absolute Gasteiger partial charge is 0.481 e. The minimum atomic E-state index is -0.880. The lowest BCUT2D eigenvalue weighted by molar-refractivity contribution is -0.141. The van der Waals surface area contributed by atoms with Crippen molar-refractivity contribution >= 4 is 27.8 Å². The zero-order valence-corrected chi connectivity index (χ0v) is 11.4. The molecule has 0 aliphatic carbocycles. The van der Waals surface area contributed by atoms with Gasteiger partial charge in [-0.15, -0.1) is 0 Å². The van der Waals surface area contributed by atoms with Crippen molar-refractivity contribution in [2.24, 2.45) is 5.92 Å². The second-order valence-corrected chi connectivity index (χ2v) is 5.37. The number of halogens is 1. The first-order valence-corrected chi connectivity index (χ1v) is 6.60. The lowest BCUT2D eigenvalue weighted by atomic mass is 10.1. The second-order valence-electron chi connectivity index (χ2n) is 4.46. The van der Waals surface area contributed by atoms with E-state index in [1.54, 1.807) is 4.90 Å². The maximum atomic E-state index is 11.6. The van der Waals surface area contributed by atoms with Gasteiger partial charge in [0.15, 0.2) is 0 Å². The summed E-state index contributed by atoms with van der Waals surface area (Å²) in [6, 6.07) is 7.92. The monoisotopic (exact) mass is 311 g/mol. The summed E-state index contributed by atoms with van der Waals surface area (Å²) in [5.41, 5.74) is 1.14. The number of carbonyl (C=O) groups is 2. The molecule has 1 aromatic carbocycles. The average molecular weight is 312 g/mol. The highest BCUT2D eigenvalue weighted by Gasteiger charge is 2.33. The third-order valence-electron chi connectivity index (χ3n) is 3.15. The van der Waals surface area contributed by atoms with Crippen molar-refractivity contribution in [1.29, 1.82) is 0 Å². The zero-order chi connectivity index (χ0) is 13.1. The summed E-state index contributed by atoms with van der Waals surface area (Å²) in [6.45, 7) is 0.926. The Morgan fingerprint density at radius 3 is 2.61 bits per heavy atom. The summed E-state index contributed by atoms with van der Waals surface area (Å²) >= 11 is 3.37. The van der Waals surface area contributed by atoms with Gasteiger partial charge in [0.1, 0.15) is 0 Å². The Balaban J connectivity index is 1.89. The fraction of sp³-hybridized carbons (Fsp3) is 0.385. The molecule has 18 heavy (non-hydrogen) atoms. The quantitative estimate of drug-likeness (QED) is 0.924. The van der Waals surface area contributed by atoms with Crippen LogP contribution in [-0.2, 0) is 16.0 Å². The molecule has 0 saturated carbocycles. The van der Waals surface area contributed by atoms with Gasteiger partial charge >= 0.3 is 5.97 Å². The first-order valence-electron chi connectivity index (χ1n) is 5.81. The maximum absolute atomic E-state index is 11.6. The van der Waals surface area contributed by atoms with Crippen molar-refractivity contribution in [3.8, 4) is 0 Å². The molecule has 0 spiro atoms. The number of nitrogens with zero attached hydrogens (tertiary/aromatic N) is 1. The summed E-state index contributed by atoms with van der Waals surface area (Å²) in [5, 5.41) is 8.88. The molecule has 1 saturated heterocycles. The number of carboxylic acids is 1. The third-order valence-corrected chi connectivity index (χ3v) is 3.68. The highest BCUT2D eigenvalue weighted by Crippen LogP contribution is 2.18. The molecule has 96 valence electrons. The van der Waals surface area contributed by atoms with Gasteiger partial charge in [0.05, 0.1) is 5.92 Å². The van der Waals surface area contributed by atoms with Gasteiger partial charge in [-0.25, -0.2) is 0 Å². The van der Waals surface area contributed by atoms with Crippen molar-refractivity contribution in [1.82, 2.24) is 4.90 Å². The van der Waals surface area contributed by atoms with E-state index in [0.717, 1.165) is 16.5 Å². The number of amides is 1. The Morgan fingerprint density at radius 2 is 2.06 bits per heavy atom. The van der Waals surface area contributed by atoms with Crippen LogP contribution in [0.4, 0.5) is 0 Å². The summed E-state index contributed by atoms with van der Waals surface area (Å²) < 4.78 is 1.02. The smallest absolute Gasteiger partial charge is 0.308 e. The SMILES string of the molecule is O=C(O)C1CC(=O)N(CCc2ccc(Br)cc2)C1. The fourth-order valence-corrected chi connectivity index (χ4v) is 2.33. The van der Waals surface area contributed by atoms with Gasteiger partial charge in [-0.1, -0.05) is 28.1 Å². The summed E-state index contributed by atoms with van der Waals surface area (Å²) in [6.07, 6.45) is 0.890. The number of benzene rings is 1. The molecule has 1 amide bonds. The number of hydrogen-bond acceptors (Lipinski definition) is 2. The number of likely N-dealkylation sites (tertiary alicyclic amines) is 1. The predicted octanol–water partition coefficient (Wildman–Crippen LogP) is 1.92. The molecule has 1 atom stereocenters. The fourth-order valence-electron chi connectivity index (χ4n) is 2.07. The molecule has 5 heteroatoms. The third kappa shape index (κ3) is 3.10. The zero-order valence-electron chi connectivity index (χ0n) is 9.80. The molecule has 1 aromatic rings. The van der Waals surface area contributed by atoms with E-state index in [2.05, 4.69) is 15.9 Å². The lowest BCUT2D eigenvalue weighted by Crippen LogP contribution is -2.28. The van der Waals surface area contributed by atoms with E-state index < -0.39 is 11.9 Å². The van der Waals surface area contributed by atoms with Gasteiger partial charge in [-0.3, -0.25) is 9.59 Å². The average Bonchev–Trinajstić information content (AvgIpc) is 2.70. The Kier molecular flexibility index (Phi) is 4.01. The van der Waals surface area contributed by atoms with Crippen LogP contribution in [0.1, 0.15) is 12.0 Å². The Bertz CT molecular complexity index is 458. The van der Waals surface area contributed by atoms with Gasteiger partial charge < -0.3 is 10.0 Å². The van der Waals surface area contributed by atoms with Crippen LogP contribution < -0.4 is 0 Å². The van der Waals surface area contributed by atoms with Crippen molar-refractivity contribution in [3.63, 3.8) is 0 Å². The molecule has 0 radical (unpaired) electrons. The Hall–Kier alpha value is -1.36. The minimum Gasteiger partial charge on any atom is -0.481 e. The van der Waals surface area contributed by atoms with Crippen molar-refractivity contribution in [3.05, 3.63) is 34.3 Å². The van der Waals surface area contributed by atoms with E-state index in [9.17, 15) is 9.59 Å². The summed E-state index contributed by atoms with van der Waals surface area (Å²) in [4.78, 5) is 24.1. The molecular formula is C13H14BrNO3. The van der Waals surface area contributed by atoms with Crippen LogP contribution in [0.25, 0.3) is 0 Å². The first-order chi connectivity index (χ1) is 8.56. The van der Waals surface area contributed by atoms with Gasteiger partial charge in [-0.05, 0) is 24.1 Å². The molecule has 1 aliphatic rings. The van der Waals surface area contributed by atoms with Crippen LogP contribution >= 0.6 is 15.9 Å². The van der Waals surface area contributed by atoms with Gasteiger partial charge in [0.25, 0.3) is 0 Å². The van der Waals surface area contributed by atoms with Crippen LogP contribution in [0.15, 0.2) is 28.7 Å². The van der Waals surface area contributed by atoms with Crippen LogP contribution in [0.3, 0.4) is 0 Å². The van der Waals surface area contributed by atoms with Crippen molar-refractivity contribution < 1.29 is 14.7 Å². The first kappa shape index (κ1) is 13.1. The van der Waals surface area contributed by atoms with Crippen LogP contribution in [0.2, 0.25) is 0 Å². The van der Waals surface area contributed by atoms with E-state index >= 15 is 0 Å². The van der Waals surface area contributed by atoms with E-state index in [1.807, 2.05) is 24.3 Å². The lowest BCUT2D eigenvalue weighted by Gasteiger charge is -2.15. The van der Waals surface area contributed by atoms with Gasteiger partial charge in [0.2, 0.25) is 5.91 Å². The van der Waals surface area contributed by atoms with Gasteiger partial charge in [0, 0.05) is 24.0 Å². The second kappa shape index (κ2) is 5.52. The molecular weight excluding hydrogens is 298 g/mol. The standard InChI is InChI=1S/C13H14BrNO3/c14-11-3-1-9(2-4-11)5-6-15-8-10(13(17)18)7-12(15)16/h1-4,10H,5-8H2,(H,17,18). The van der Waals surface area contributed by atoms with Crippen LogP contribution in [0.5, 0.6) is 0 Å². The van der Waals surface area contributed by atoms with Crippen LogP contribution in [0, 0.1) is 5.92 Å². The van der Waals surface area contributed by atoms with Crippen molar-refractivity contribution in [2.75, 3.05) is 13.1 Å². The number of carbonyl (C=O) groups excluding carboxylic acids is 1. The van der Waals surface area contributed by atoms with Crippen molar-refractivity contribution in [2.45, 2.75) is 12.8 Å². The maximum Gasteiger partial charge on any atom is 0.308 e. The highest BCUT2D eigenvalue weighted by molar-refractivity contribution is 9.10. The Labute approximate surface area is 114 Å². The normalized spacial score (nSPS) is 19.3. The van der Waals surface area contributed by atoms with E-state index in [-0.39, 0.29) is 12.3 Å². The molecule has 2 rings (SSSR count).